The average molecular weight is 255 g/mol. The van der Waals surface area contributed by atoms with Crippen molar-refractivity contribution in [1.82, 2.24) is 10.2 Å². The second-order valence-electron chi connectivity index (χ2n) is 5.39. The largest absolute Gasteiger partial charge is 0.321 e. The normalized spacial score (nSPS) is 11.1. The third-order valence-corrected chi connectivity index (χ3v) is 2.81. The molecule has 0 aliphatic heterocycles. The van der Waals surface area contributed by atoms with Crippen LogP contribution < -0.4 is 5.32 Å². The maximum absolute atomic E-state index is 11.9. The van der Waals surface area contributed by atoms with Crippen molar-refractivity contribution in [1.29, 1.82) is 0 Å². The average Bonchev–Trinajstić information content (AvgIpc) is 2.39. The smallest absolute Gasteiger partial charge is 0.276 e. The van der Waals surface area contributed by atoms with Gasteiger partial charge in [-0.25, -0.2) is 0 Å². The van der Waals surface area contributed by atoms with Gasteiger partial charge in [0.2, 0.25) is 0 Å². The van der Waals surface area contributed by atoms with Crippen LogP contribution in [0.5, 0.6) is 0 Å². The van der Waals surface area contributed by atoms with Gasteiger partial charge in [0, 0.05) is 11.9 Å². The molecule has 0 fully saturated rings. The van der Waals surface area contributed by atoms with E-state index in [4.69, 9.17) is 0 Å². The molecule has 0 saturated carbocycles. The highest BCUT2D eigenvalue weighted by Crippen LogP contribution is 2.23. The predicted octanol–water partition coefficient (Wildman–Crippen LogP) is 3.03. The Morgan fingerprint density at radius 3 is 2.32 bits per heavy atom. The number of nitrogens with zero attached hydrogens (tertiary/aromatic N) is 2. The van der Waals surface area contributed by atoms with Gasteiger partial charge in [-0.15, -0.1) is 5.10 Å². The molecular formula is C15H17N3O. The molecule has 0 aliphatic rings. The van der Waals surface area contributed by atoms with Crippen molar-refractivity contribution in [2.45, 2.75) is 26.2 Å². The number of carbonyl (C=O) groups is 1. The van der Waals surface area contributed by atoms with Crippen LogP contribution in [0.15, 0.2) is 42.6 Å². The van der Waals surface area contributed by atoms with Crippen LogP contribution in [-0.4, -0.2) is 16.1 Å². The Kier molecular flexibility index (Phi) is 3.60. The number of nitrogens with one attached hydrogen (secondary N) is 1. The van der Waals surface area contributed by atoms with E-state index >= 15 is 0 Å². The van der Waals surface area contributed by atoms with E-state index in [1.54, 1.807) is 12.1 Å². The van der Waals surface area contributed by atoms with Gasteiger partial charge in [0.15, 0.2) is 5.69 Å². The summed E-state index contributed by atoms with van der Waals surface area (Å²) < 4.78 is 0. The van der Waals surface area contributed by atoms with Crippen molar-refractivity contribution in [3.63, 3.8) is 0 Å². The lowest BCUT2D eigenvalue weighted by Crippen LogP contribution is -2.15. The van der Waals surface area contributed by atoms with Crippen molar-refractivity contribution >= 4 is 11.6 Å². The van der Waals surface area contributed by atoms with Crippen LogP contribution >= 0.6 is 0 Å². The summed E-state index contributed by atoms with van der Waals surface area (Å²) >= 11 is 0. The summed E-state index contributed by atoms with van der Waals surface area (Å²) in [5, 5.41) is 10.2. The standard InChI is InChI=1S/C15H17N3O/c1-15(2,3)11-6-8-12(9-7-11)17-14(19)13-5-4-10-16-18-13/h4-10H,1-3H3,(H,17,19). The summed E-state index contributed by atoms with van der Waals surface area (Å²) in [6, 6.07) is 11.2. The van der Waals surface area contributed by atoms with E-state index in [1.807, 2.05) is 24.3 Å². The van der Waals surface area contributed by atoms with Gasteiger partial charge in [-0.2, -0.15) is 5.10 Å². The molecule has 1 amide bonds. The van der Waals surface area contributed by atoms with Gasteiger partial charge in [0.25, 0.3) is 5.91 Å². The molecule has 2 aromatic rings. The van der Waals surface area contributed by atoms with Crippen LogP contribution in [0.1, 0.15) is 36.8 Å². The fourth-order valence-electron chi connectivity index (χ4n) is 1.67. The minimum absolute atomic E-state index is 0.105. The van der Waals surface area contributed by atoms with Crippen LogP contribution in [0.3, 0.4) is 0 Å². The molecule has 0 spiro atoms. The molecule has 1 aromatic heterocycles. The van der Waals surface area contributed by atoms with E-state index in [9.17, 15) is 4.79 Å². The van der Waals surface area contributed by atoms with Crippen LogP contribution in [0.2, 0.25) is 0 Å². The lowest BCUT2D eigenvalue weighted by atomic mass is 9.87. The van der Waals surface area contributed by atoms with Gasteiger partial charge in [-0.3, -0.25) is 4.79 Å². The molecule has 98 valence electrons. The minimum Gasteiger partial charge on any atom is -0.321 e. The van der Waals surface area contributed by atoms with Crippen molar-refractivity contribution in [2.24, 2.45) is 0 Å². The van der Waals surface area contributed by atoms with Gasteiger partial charge in [-0.1, -0.05) is 32.9 Å². The van der Waals surface area contributed by atoms with Crippen LogP contribution in [0.4, 0.5) is 5.69 Å². The molecule has 0 aliphatic carbocycles. The predicted molar refractivity (Wildman–Crippen MR) is 75.1 cm³/mol. The monoisotopic (exact) mass is 255 g/mol. The maximum atomic E-state index is 11.9. The molecule has 4 heteroatoms. The second kappa shape index (κ2) is 5.18. The lowest BCUT2D eigenvalue weighted by molar-refractivity contribution is 0.102. The molecule has 19 heavy (non-hydrogen) atoms. The van der Waals surface area contributed by atoms with Gasteiger partial charge < -0.3 is 5.32 Å². The number of rotatable bonds is 2. The van der Waals surface area contributed by atoms with Crippen molar-refractivity contribution in [3.8, 4) is 0 Å². The Morgan fingerprint density at radius 1 is 1.11 bits per heavy atom. The minimum atomic E-state index is -0.253. The number of carbonyl (C=O) groups excluding carboxylic acids is 1. The first-order chi connectivity index (χ1) is 8.97. The first kappa shape index (κ1) is 13.2. The fraction of sp³-hybridized carbons (Fsp3) is 0.267. The summed E-state index contributed by atoms with van der Waals surface area (Å²) in [6.45, 7) is 6.46. The van der Waals surface area contributed by atoms with Crippen molar-refractivity contribution in [2.75, 3.05) is 5.32 Å². The van der Waals surface area contributed by atoms with Crippen LogP contribution in [0.25, 0.3) is 0 Å². The second-order valence-corrected chi connectivity index (χ2v) is 5.39. The molecule has 0 saturated heterocycles. The summed E-state index contributed by atoms with van der Waals surface area (Å²) in [5.41, 5.74) is 2.39. The molecule has 1 heterocycles. The summed E-state index contributed by atoms with van der Waals surface area (Å²) in [6.07, 6.45) is 1.54. The molecule has 1 aromatic carbocycles. The molecule has 0 radical (unpaired) electrons. The number of hydrogen-bond acceptors (Lipinski definition) is 3. The zero-order valence-electron chi connectivity index (χ0n) is 11.3. The fourth-order valence-corrected chi connectivity index (χ4v) is 1.67. The SMILES string of the molecule is CC(C)(C)c1ccc(NC(=O)c2cccnn2)cc1. The number of amides is 1. The maximum Gasteiger partial charge on any atom is 0.276 e. The first-order valence-corrected chi connectivity index (χ1v) is 6.16. The Morgan fingerprint density at radius 2 is 1.79 bits per heavy atom. The van der Waals surface area contributed by atoms with Crippen molar-refractivity contribution < 1.29 is 4.79 Å². The Balaban J connectivity index is 2.10. The molecular weight excluding hydrogens is 238 g/mol. The van der Waals surface area contributed by atoms with Crippen LogP contribution in [-0.2, 0) is 5.41 Å². The topological polar surface area (TPSA) is 54.9 Å². The van der Waals surface area contributed by atoms with E-state index in [0.29, 0.717) is 5.69 Å². The first-order valence-electron chi connectivity index (χ1n) is 6.16. The van der Waals surface area contributed by atoms with Gasteiger partial charge in [0.05, 0.1) is 0 Å². The third kappa shape index (κ3) is 3.37. The van der Waals surface area contributed by atoms with Gasteiger partial charge in [-0.05, 0) is 35.2 Å². The number of anilines is 1. The van der Waals surface area contributed by atoms with Crippen molar-refractivity contribution in [3.05, 3.63) is 53.9 Å². The number of benzene rings is 1. The summed E-state index contributed by atoms with van der Waals surface area (Å²) in [7, 11) is 0. The Bertz CT molecular complexity index is 556. The highest BCUT2D eigenvalue weighted by Gasteiger charge is 2.13. The quantitative estimate of drug-likeness (QED) is 0.897. The number of aromatic nitrogens is 2. The van der Waals surface area contributed by atoms with E-state index in [1.165, 1.54) is 11.8 Å². The van der Waals surface area contributed by atoms with E-state index in [0.717, 1.165) is 5.69 Å². The van der Waals surface area contributed by atoms with Crippen LogP contribution in [0, 0.1) is 0 Å². The molecule has 1 N–H and O–H groups in total. The van der Waals surface area contributed by atoms with E-state index in [2.05, 4.69) is 36.3 Å². The van der Waals surface area contributed by atoms with Gasteiger partial charge >= 0.3 is 0 Å². The molecule has 0 unspecified atom stereocenters. The highest BCUT2D eigenvalue weighted by atomic mass is 16.1. The highest BCUT2D eigenvalue weighted by molar-refractivity contribution is 6.02. The van der Waals surface area contributed by atoms with E-state index in [-0.39, 0.29) is 11.3 Å². The summed E-state index contributed by atoms with van der Waals surface area (Å²) in [4.78, 5) is 11.9. The lowest BCUT2D eigenvalue weighted by Gasteiger charge is -2.19. The zero-order valence-corrected chi connectivity index (χ0v) is 11.3. The zero-order chi connectivity index (χ0) is 13.9. The number of hydrogen-bond donors (Lipinski definition) is 1. The Hall–Kier alpha value is -2.23. The third-order valence-electron chi connectivity index (χ3n) is 2.81. The molecule has 0 bridgehead atoms. The summed E-state index contributed by atoms with van der Waals surface area (Å²) in [5.74, 6) is -0.253. The molecule has 0 atom stereocenters. The molecule has 4 nitrogen and oxygen atoms in total. The van der Waals surface area contributed by atoms with E-state index < -0.39 is 0 Å². The molecule has 2 rings (SSSR count). The van der Waals surface area contributed by atoms with Gasteiger partial charge in [0.1, 0.15) is 0 Å². The Labute approximate surface area is 112 Å².